The topological polar surface area (TPSA) is 35.6 Å². The maximum Gasteiger partial charge on any atom is 0.239 e. The van der Waals surface area contributed by atoms with Crippen molar-refractivity contribution in [3.63, 3.8) is 0 Å². The van der Waals surface area contributed by atoms with Gasteiger partial charge in [-0.25, -0.2) is 0 Å². The van der Waals surface area contributed by atoms with Crippen molar-refractivity contribution in [2.24, 2.45) is 0 Å². The number of likely N-dealkylation sites (N-methyl/N-ethyl adjacent to an activating group) is 1. The van der Waals surface area contributed by atoms with Crippen LogP contribution >= 0.6 is 0 Å². The van der Waals surface area contributed by atoms with Gasteiger partial charge in [-0.2, -0.15) is 0 Å². The zero-order valence-electron chi connectivity index (χ0n) is 11.1. The second kappa shape index (κ2) is 5.83. The first-order valence-corrected chi connectivity index (χ1v) is 6.95. The number of nitrogens with zero attached hydrogens (tertiary/aromatic N) is 2. The Bertz CT molecular complexity index is 263. The molecular formula is C13H25N3O. The SMILES string of the molecule is CCCN(C1CCCNC1)C1CCN(C)C1=O. The van der Waals surface area contributed by atoms with E-state index in [0.717, 1.165) is 39.0 Å². The molecule has 0 aromatic carbocycles. The van der Waals surface area contributed by atoms with Crippen LogP contribution in [0.5, 0.6) is 0 Å². The number of piperidine rings is 1. The van der Waals surface area contributed by atoms with Gasteiger partial charge in [0.25, 0.3) is 0 Å². The van der Waals surface area contributed by atoms with Gasteiger partial charge >= 0.3 is 0 Å². The van der Waals surface area contributed by atoms with Gasteiger partial charge in [0, 0.05) is 26.2 Å². The van der Waals surface area contributed by atoms with E-state index in [2.05, 4.69) is 17.1 Å². The Labute approximate surface area is 104 Å². The first-order chi connectivity index (χ1) is 8.24. The molecule has 2 heterocycles. The summed E-state index contributed by atoms with van der Waals surface area (Å²) >= 11 is 0. The zero-order valence-corrected chi connectivity index (χ0v) is 11.1. The van der Waals surface area contributed by atoms with E-state index in [0.29, 0.717) is 11.9 Å². The summed E-state index contributed by atoms with van der Waals surface area (Å²) in [5.74, 6) is 0.323. The minimum Gasteiger partial charge on any atom is -0.344 e. The van der Waals surface area contributed by atoms with Crippen molar-refractivity contribution in [2.75, 3.05) is 33.2 Å². The first kappa shape index (κ1) is 12.8. The van der Waals surface area contributed by atoms with Crippen LogP contribution in [0.1, 0.15) is 32.6 Å². The lowest BCUT2D eigenvalue weighted by molar-refractivity contribution is -0.132. The van der Waals surface area contributed by atoms with Gasteiger partial charge in [-0.3, -0.25) is 9.69 Å². The standard InChI is InChI=1S/C13H25N3O/c1-3-8-16(11-5-4-7-14-10-11)12-6-9-15(2)13(12)17/h11-12,14H,3-10H2,1-2H3. The van der Waals surface area contributed by atoms with E-state index in [4.69, 9.17) is 0 Å². The summed E-state index contributed by atoms with van der Waals surface area (Å²) in [4.78, 5) is 16.5. The van der Waals surface area contributed by atoms with Crippen molar-refractivity contribution < 1.29 is 4.79 Å². The number of amides is 1. The molecule has 0 aliphatic carbocycles. The summed E-state index contributed by atoms with van der Waals surface area (Å²) in [6.45, 7) is 6.36. The Morgan fingerprint density at radius 2 is 2.29 bits per heavy atom. The molecule has 2 saturated heterocycles. The molecule has 98 valence electrons. The van der Waals surface area contributed by atoms with E-state index >= 15 is 0 Å². The molecule has 2 aliphatic heterocycles. The summed E-state index contributed by atoms with van der Waals surface area (Å²) in [6, 6.07) is 0.703. The number of hydrogen-bond acceptors (Lipinski definition) is 3. The fraction of sp³-hybridized carbons (Fsp3) is 0.923. The molecule has 0 bridgehead atoms. The predicted octanol–water partition coefficient (Wildman–Crippen LogP) is 0.681. The van der Waals surface area contributed by atoms with Crippen LogP contribution in [0.2, 0.25) is 0 Å². The van der Waals surface area contributed by atoms with Gasteiger partial charge in [-0.05, 0) is 38.8 Å². The Hall–Kier alpha value is -0.610. The van der Waals surface area contributed by atoms with Gasteiger partial charge in [-0.15, -0.1) is 0 Å². The highest BCUT2D eigenvalue weighted by Crippen LogP contribution is 2.21. The molecule has 2 aliphatic rings. The van der Waals surface area contributed by atoms with Crippen LogP contribution in [0, 0.1) is 0 Å². The Kier molecular flexibility index (Phi) is 4.40. The maximum absolute atomic E-state index is 12.1. The number of hydrogen-bond donors (Lipinski definition) is 1. The zero-order chi connectivity index (χ0) is 12.3. The van der Waals surface area contributed by atoms with E-state index in [9.17, 15) is 4.79 Å². The maximum atomic E-state index is 12.1. The summed E-state index contributed by atoms with van der Waals surface area (Å²) < 4.78 is 0. The fourth-order valence-electron chi connectivity index (χ4n) is 3.08. The molecular weight excluding hydrogens is 214 g/mol. The van der Waals surface area contributed by atoms with Crippen molar-refractivity contribution in [3.05, 3.63) is 0 Å². The molecule has 0 aromatic heterocycles. The molecule has 1 amide bonds. The van der Waals surface area contributed by atoms with Crippen molar-refractivity contribution in [1.82, 2.24) is 15.1 Å². The van der Waals surface area contributed by atoms with Gasteiger partial charge in [0.15, 0.2) is 0 Å². The van der Waals surface area contributed by atoms with Crippen LogP contribution in [0.15, 0.2) is 0 Å². The molecule has 2 rings (SSSR count). The van der Waals surface area contributed by atoms with Crippen molar-refractivity contribution >= 4 is 5.91 Å². The minimum absolute atomic E-state index is 0.143. The summed E-state index contributed by atoms with van der Waals surface area (Å²) in [5.41, 5.74) is 0. The Balaban J connectivity index is 2.02. The number of rotatable bonds is 4. The Morgan fingerprint density at radius 1 is 1.47 bits per heavy atom. The number of carbonyl (C=O) groups excluding carboxylic acids is 1. The van der Waals surface area contributed by atoms with Crippen molar-refractivity contribution in [1.29, 1.82) is 0 Å². The Morgan fingerprint density at radius 3 is 2.82 bits per heavy atom. The lowest BCUT2D eigenvalue weighted by Crippen LogP contribution is -2.52. The molecule has 17 heavy (non-hydrogen) atoms. The van der Waals surface area contributed by atoms with Gasteiger partial charge < -0.3 is 10.2 Å². The largest absolute Gasteiger partial charge is 0.344 e. The second-order valence-corrected chi connectivity index (χ2v) is 5.30. The second-order valence-electron chi connectivity index (χ2n) is 5.30. The van der Waals surface area contributed by atoms with E-state index in [1.54, 1.807) is 0 Å². The number of nitrogens with one attached hydrogen (secondary N) is 1. The van der Waals surface area contributed by atoms with Crippen LogP contribution in [-0.4, -0.2) is 61.0 Å². The highest BCUT2D eigenvalue weighted by molar-refractivity contribution is 5.83. The lowest BCUT2D eigenvalue weighted by Gasteiger charge is -2.37. The average molecular weight is 239 g/mol. The quantitative estimate of drug-likeness (QED) is 0.784. The smallest absolute Gasteiger partial charge is 0.239 e. The number of likely N-dealkylation sites (tertiary alicyclic amines) is 1. The van der Waals surface area contributed by atoms with Crippen molar-refractivity contribution in [3.8, 4) is 0 Å². The molecule has 4 nitrogen and oxygen atoms in total. The fourth-order valence-corrected chi connectivity index (χ4v) is 3.08. The van der Waals surface area contributed by atoms with Crippen LogP contribution < -0.4 is 5.32 Å². The lowest BCUT2D eigenvalue weighted by atomic mass is 10.0. The van der Waals surface area contributed by atoms with Gasteiger partial charge in [0.2, 0.25) is 5.91 Å². The van der Waals surface area contributed by atoms with Crippen LogP contribution in [0.4, 0.5) is 0 Å². The molecule has 0 radical (unpaired) electrons. The monoisotopic (exact) mass is 239 g/mol. The summed E-state index contributed by atoms with van der Waals surface area (Å²) in [5, 5.41) is 3.46. The third-order valence-electron chi connectivity index (χ3n) is 4.02. The van der Waals surface area contributed by atoms with Crippen LogP contribution in [-0.2, 0) is 4.79 Å². The van der Waals surface area contributed by atoms with Crippen LogP contribution in [0.25, 0.3) is 0 Å². The molecule has 0 aromatic rings. The molecule has 2 fully saturated rings. The molecule has 2 unspecified atom stereocenters. The van der Waals surface area contributed by atoms with Gasteiger partial charge in [0.1, 0.15) is 0 Å². The normalized spacial score (nSPS) is 30.3. The van der Waals surface area contributed by atoms with Crippen LogP contribution in [0.3, 0.4) is 0 Å². The minimum atomic E-state index is 0.143. The summed E-state index contributed by atoms with van der Waals surface area (Å²) in [7, 11) is 1.92. The van der Waals surface area contributed by atoms with E-state index in [-0.39, 0.29) is 6.04 Å². The van der Waals surface area contributed by atoms with Gasteiger partial charge in [0.05, 0.1) is 6.04 Å². The van der Waals surface area contributed by atoms with E-state index in [1.807, 2.05) is 11.9 Å². The van der Waals surface area contributed by atoms with E-state index in [1.165, 1.54) is 12.8 Å². The molecule has 1 N–H and O–H groups in total. The number of carbonyl (C=O) groups is 1. The molecule has 4 heteroatoms. The highest BCUT2D eigenvalue weighted by atomic mass is 16.2. The molecule has 0 spiro atoms. The van der Waals surface area contributed by atoms with Gasteiger partial charge in [-0.1, -0.05) is 6.92 Å². The molecule has 0 saturated carbocycles. The summed E-state index contributed by atoms with van der Waals surface area (Å²) in [6.07, 6.45) is 4.61. The third-order valence-corrected chi connectivity index (χ3v) is 4.02. The van der Waals surface area contributed by atoms with E-state index < -0.39 is 0 Å². The predicted molar refractivity (Wildman–Crippen MR) is 68.9 cm³/mol. The third kappa shape index (κ3) is 2.80. The van der Waals surface area contributed by atoms with Crippen molar-refractivity contribution in [2.45, 2.75) is 44.7 Å². The molecule has 2 atom stereocenters. The first-order valence-electron chi connectivity index (χ1n) is 6.95. The average Bonchev–Trinajstić information content (AvgIpc) is 2.69. The highest BCUT2D eigenvalue weighted by Gasteiger charge is 2.37.